The van der Waals surface area contributed by atoms with E-state index in [-0.39, 0.29) is 18.5 Å². The smallest absolute Gasteiger partial charge is 0.0934 e. The molecule has 0 aromatic carbocycles. The van der Waals surface area contributed by atoms with Crippen molar-refractivity contribution in [3.8, 4) is 0 Å². The highest BCUT2D eigenvalue weighted by Crippen LogP contribution is 2.13. The van der Waals surface area contributed by atoms with Gasteiger partial charge in [0.1, 0.15) is 0 Å². The average molecular weight is 712 g/mol. The summed E-state index contributed by atoms with van der Waals surface area (Å²) in [5.74, 6) is 0. The number of likely N-dealkylation sites (N-methyl/N-ethyl adjacent to an activating group) is 1. The molecule has 0 saturated carbocycles. The van der Waals surface area contributed by atoms with E-state index >= 15 is 0 Å². The molecule has 0 amide bonds. The number of nitrogens with zero attached hydrogens (tertiary/aromatic N) is 2. The fourth-order valence-electron chi connectivity index (χ4n) is 6.74. The molecule has 1 atom stereocenters. The summed E-state index contributed by atoms with van der Waals surface area (Å²) < 4.78 is 12.6. The lowest BCUT2D eigenvalue weighted by molar-refractivity contribution is -0.0388. The van der Waals surface area contributed by atoms with Crippen LogP contribution in [0.5, 0.6) is 0 Å². The van der Waals surface area contributed by atoms with Crippen LogP contribution in [0.2, 0.25) is 0 Å². The van der Waals surface area contributed by atoms with Gasteiger partial charge in [-0.15, -0.1) is 12.4 Å². The zero-order valence-electron chi connectivity index (χ0n) is 33.5. The molecule has 0 aromatic rings. The molecule has 0 N–H and O–H groups in total. The number of allylic oxidation sites excluding steroid dienone is 4. The van der Waals surface area contributed by atoms with Gasteiger partial charge < -0.3 is 14.4 Å². The van der Waals surface area contributed by atoms with Crippen LogP contribution in [-0.2, 0) is 9.47 Å². The van der Waals surface area contributed by atoms with Crippen LogP contribution in [0.25, 0.3) is 0 Å². The van der Waals surface area contributed by atoms with Crippen LogP contribution in [0, 0.1) is 0 Å². The van der Waals surface area contributed by atoms with Gasteiger partial charge in [-0.1, -0.05) is 154 Å². The number of rotatable bonds is 37. The normalized spacial score (nSPS) is 15.1. The molecule has 49 heavy (non-hydrogen) atoms. The standard InChI is InChI=1S/C44H86N2O2.ClH/c1-4-6-8-10-12-14-16-18-20-22-24-26-28-30-32-34-40-47-43-44(42-46-38-36-45(3)37-39-46)48-41-35-33-31-29-27-25-23-21-19-17-15-13-11-9-7-5-2;/h18-21,44H,4-17,22-43H2,1-3H3;1H/b20-18-,21-19-;. The molecule has 1 unspecified atom stereocenters. The fraction of sp³-hybridized carbons (Fsp3) is 0.909. The zero-order valence-corrected chi connectivity index (χ0v) is 34.3. The Hall–Kier alpha value is -0.390. The Kier molecular flexibility index (Phi) is 40.1. The van der Waals surface area contributed by atoms with Crippen molar-refractivity contribution in [2.45, 2.75) is 200 Å². The van der Waals surface area contributed by atoms with E-state index in [1.54, 1.807) is 0 Å². The van der Waals surface area contributed by atoms with Gasteiger partial charge >= 0.3 is 0 Å². The Bertz CT molecular complexity index is 680. The van der Waals surface area contributed by atoms with Crippen LogP contribution in [-0.4, -0.2) is 75.5 Å². The maximum atomic E-state index is 6.43. The van der Waals surface area contributed by atoms with Crippen molar-refractivity contribution in [2.75, 3.05) is 59.6 Å². The molecule has 0 aromatic heterocycles. The molecule has 1 aliphatic heterocycles. The average Bonchev–Trinajstić information content (AvgIpc) is 3.09. The predicted molar refractivity (Wildman–Crippen MR) is 221 cm³/mol. The van der Waals surface area contributed by atoms with Crippen LogP contribution in [0.15, 0.2) is 24.3 Å². The van der Waals surface area contributed by atoms with Crippen molar-refractivity contribution < 1.29 is 9.47 Å². The van der Waals surface area contributed by atoms with Gasteiger partial charge in [0.25, 0.3) is 0 Å². The molecular weight excluding hydrogens is 624 g/mol. The van der Waals surface area contributed by atoms with E-state index in [1.807, 2.05) is 0 Å². The Balaban J connectivity index is 0.0000230. The van der Waals surface area contributed by atoms with Crippen molar-refractivity contribution in [1.82, 2.24) is 9.80 Å². The first-order chi connectivity index (χ1) is 23.8. The minimum Gasteiger partial charge on any atom is -0.379 e. The highest BCUT2D eigenvalue weighted by Gasteiger charge is 2.19. The topological polar surface area (TPSA) is 24.9 Å². The maximum absolute atomic E-state index is 6.43. The SMILES string of the molecule is CCCCCCCC/C=C\CCCCCCCCOCC(CN1CCN(C)CC1)OCCCCCCCC/C=C\CCCCCCCC.Cl. The summed E-state index contributed by atoms with van der Waals surface area (Å²) in [5, 5.41) is 0. The third-order valence-electron chi connectivity index (χ3n) is 10.2. The molecule has 5 heteroatoms. The number of ether oxygens (including phenoxy) is 2. The maximum Gasteiger partial charge on any atom is 0.0934 e. The summed E-state index contributed by atoms with van der Waals surface area (Å²) in [7, 11) is 2.23. The highest BCUT2D eigenvalue weighted by atomic mass is 35.5. The van der Waals surface area contributed by atoms with Gasteiger partial charge in [0.2, 0.25) is 0 Å². The van der Waals surface area contributed by atoms with Crippen LogP contribution < -0.4 is 0 Å². The number of hydrogen-bond donors (Lipinski definition) is 0. The van der Waals surface area contributed by atoms with Gasteiger partial charge in [0, 0.05) is 45.9 Å². The van der Waals surface area contributed by atoms with Crippen molar-refractivity contribution in [2.24, 2.45) is 0 Å². The van der Waals surface area contributed by atoms with E-state index in [2.05, 4.69) is 55.0 Å². The first kappa shape index (κ1) is 48.6. The number of unbranched alkanes of at least 4 members (excludes halogenated alkanes) is 24. The first-order valence-corrected chi connectivity index (χ1v) is 21.7. The van der Waals surface area contributed by atoms with Crippen molar-refractivity contribution >= 4 is 12.4 Å². The lowest BCUT2D eigenvalue weighted by Crippen LogP contribution is -2.48. The Morgan fingerprint density at radius 3 is 1.27 bits per heavy atom. The number of piperazine rings is 1. The van der Waals surface area contributed by atoms with E-state index in [0.717, 1.165) is 52.5 Å². The summed E-state index contributed by atoms with van der Waals surface area (Å²) in [6.45, 7) is 12.8. The van der Waals surface area contributed by atoms with Gasteiger partial charge in [-0.3, -0.25) is 4.90 Å². The summed E-state index contributed by atoms with van der Waals surface area (Å²) in [4.78, 5) is 5.02. The van der Waals surface area contributed by atoms with Gasteiger partial charge in [-0.25, -0.2) is 0 Å². The molecule has 0 bridgehead atoms. The predicted octanol–water partition coefficient (Wildman–Crippen LogP) is 13.1. The zero-order chi connectivity index (χ0) is 34.4. The van der Waals surface area contributed by atoms with Gasteiger partial charge in [0.15, 0.2) is 0 Å². The van der Waals surface area contributed by atoms with E-state index in [4.69, 9.17) is 9.47 Å². The van der Waals surface area contributed by atoms with E-state index in [9.17, 15) is 0 Å². The lowest BCUT2D eigenvalue weighted by Gasteiger charge is -2.34. The lowest BCUT2D eigenvalue weighted by atomic mass is 10.1. The van der Waals surface area contributed by atoms with Crippen molar-refractivity contribution in [3.05, 3.63) is 24.3 Å². The van der Waals surface area contributed by atoms with Crippen molar-refractivity contribution in [1.29, 1.82) is 0 Å². The summed E-state index contributed by atoms with van der Waals surface area (Å²) in [6.07, 6.45) is 47.7. The molecule has 1 rings (SSSR count). The van der Waals surface area contributed by atoms with Crippen LogP contribution in [0.3, 0.4) is 0 Å². The summed E-state index contributed by atoms with van der Waals surface area (Å²) in [6, 6.07) is 0. The van der Waals surface area contributed by atoms with E-state index in [0.29, 0.717) is 0 Å². The minimum absolute atomic E-state index is 0. The van der Waals surface area contributed by atoms with Crippen LogP contribution in [0.1, 0.15) is 194 Å². The van der Waals surface area contributed by atoms with E-state index < -0.39 is 0 Å². The summed E-state index contributed by atoms with van der Waals surface area (Å²) in [5.41, 5.74) is 0. The first-order valence-electron chi connectivity index (χ1n) is 21.7. The second-order valence-electron chi connectivity index (χ2n) is 15.0. The molecule has 292 valence electrons. The monoisotopic (exact) mass is 711 g/mol. The minimum atomic E-state index is 0. The molecule has 0 spiro atoms. The molecule has 4 nitrogen and oxygen atoms in total. The quantitative estimate of drug-likeness (QED) is 0.0473. The number of hydrogen-bond acceptors (Lipinski definition) is 4. The molecule has 0 aliphatic carbocycles. The number of halogens is 1. The van der Waals surface area contributed by atoms with Gasteiger partial charge in [-0.2, -0.15) is 0 Å². The highest BCUT2D eigenvalue weighted by molar-refractivity contribution is 5.85. The van der Waals surface area contributed by atoms with Crippen molar-refractivity contribution in [3.63, 3.8) is 0 Å². The molecule has 1 saturated heterocycles. The molecule has 1 aliphatic rings. The second-order valence-corrected chi connectivity index (χ2v) is 15.0. The fourth-order valence-corrected chi connectivity index (χ4v) is 6.74. The Morgan fingerprint density at radius 2 is 0.837 bits per heavy atom. The molecular formula is C44H87ClN2O2. The third-order valence-corrected chi connectivity index (χ3v) is 10.2. The molecule has 1 fully saturated rings. The van der Waals surface area contributed by atoms with E-state index in [1.165, 1.54) is 180 Å². The third kappa shape index (κ3) is 35.8. The van der Waals surface area contributed by atoms with Gasteiger partial charge in [0.05, 0.1) is 12.7 Å². The van der Waals surface area contributed by atoms with Gasteiger partial charge in [-0.05, 0) is 71.3 Å². The Morgan fingerprint density at radius 1 is 0.469 bits per heavy atom. The van der Waals surface area contributed by atoms with Crippen LogP contribution in [0.4, 0.5) is 0 Å². The Labute approximate surface area is 314 Å². The van der Waals surface area contributed by atoms with Crippen LogP contribution >= 0.6 is 12.4 Å². The molecule has 0 radical (unpaired) electrons. The molecule has 1 heterocycles. The largest absolute Gasteiger partial charge is 0.379 e. The second kappa shape index (κ2) is 40.4. The summed E-state index contributed by atoms with van der Waals surface area (Å²) >= 11 is 0.